The molecule has 1 aliphatic rings. The summed E-state index contributed by atoms with van der Waals surface area (Å²) in [5.41, 5.74) is -0.322. The van der Waals surface area contributed by atoms with Crippen LogP contribution in [0.2, 0.25) is 0 Å². The second kappa shape index (κ2) is 8.64. The number of piperidine rings is 1. The van der Waals surface area contributed by atoms with E-state index in [0.717, 1.165) is 25.7 Å². The number of aromatic amines is 2. The molecule has 1 amide bonds. The van der Waals surface area contributed by atoms with E-state index in [9.17, 15) is 19.2 Å². The summed E-state index contributed by atoms with van der Waals surface area (Å²) in [6, 6.07) is 0.224. The molecular formula is C17H25N3O5. The molecule has 138 valence electrons. The zero-order valence-electron chi connectivity index (χ0n) is 14.7. The van der Waals surface area contributed by atoms with Crippen molar-refractivity contribution < 1.29 is 14.3 Å². The van der Waals surface area contributed by atoms with Crippen molar-refractivity contribution in [2.45, 2.75) is 58.4 Å². The third-order valence-electron chi connectivity index (χ3n) is 4.61. The quantitative estimate of drug-likeness (QED) is 0.730. The van der Waals surface area contributed by atoms with Crippen LogP contribution >= 0.6 is 0 Å². The molecule has 2 heterocycles. The van der Waals surface area contributed by atoms with Gasteiger partial charge in [-0.25, -0.2) is 4.79 Å². The maximum Gasteiger partial charge on any atom is 0.325 e. The highest BCUT2D eigenvalue weighted by Crippen LogP contribution is 2.19. The monoisotopic (exact) mass is 351 g/mol. The number of nitrogens with one attached hydrogen (secondary N) is 2. The van der Waals surface area contributed by atoms with E-state index in [1.807, 2.05) is 6.92 Å². The predicted molar refractivity (Wildman–Crippen MR) is 91.3 cm³/mol. The van der Waals surface area contributed by atoms with Crippen LogP contribution in [0.3, 0.4) is 0 Å². The molecular weight excluding hydrogens is 326 g/mol. The number of carbonyl (C=O) groups is 2. The lowest BCUT2D eigenvalue weighted by atomic mass is 10.00. The van der Waals surface area contributed by atoms with E-state index >= 15 is 0 Å². The van der Waals surface area contributed by atoms with Crippen LogP contribution in [-0.4, -0.2) is 45.9 Å². The summed E-state index contributed by atoms with van der Waals surface area (Å²) in [5.74, 6) is -0.707. The zero-order chi connectivity index (χ0) is 18.4. The Balaban J connectivity index is 1.84. The number of esters is 1. The van der Waals surface area contributed by atoms with Crippen molar-refractivity contribution in [3.63, 3.8) is 0 Å². The van der Waals surface area contributed by atoms with Crippen molar-refractivity contribution in [1.82, 2.24) is 14.9 Å². The predicted octanol–water partition coefficient (Wildman–Crippen LogP) is 0.639. The van der Waals surface area contributed by atoms with Gasteiger partial charge in [0.1, 0.15) is 0 Å². The fourth-order valence-corrected chi connectivity index (χ4v) is 3.20. The molecule has 0 radical (unpaired) electrons. The Morgan fingerprint density at radius 1 is 1.24 bits per heavy atom. The first-order chi connectivity index (χ1) is 11.9. The molecule has 0 saturated carbocycles. The van der Waals surface area contributed by atoms with E-state index in [-0.39, 0.29) is 31.4 Å². The summed E-state index contributed by atoms with van der Waals surface area (Å²) >= 11 is 0. The lowest BCUT2D eigenvalue weighted by molar-refractivity contribution is -0.153. The molecule has 0 spiro atoms. The minimum atomic E-state index is -0.577. The first kappa shape index (κ1) is 19.0. The summed E-state index contributed by atoms with van der Waals surface area (Å²) in [7, 11) is 0. The largest absolute Gasteiger partial charge is 0.456 e. The lowest BCUT2D eigenvalue weighted by Crippen LogP contribution is -2.45. The number of amides is 1. The third kappa shape index (κ3) is 5.04. The maximum atomic E-state index is 12.2. The SMILES string of the molecule is CC[C@H]1CCCCN1C(=O)COC(=O)CCc1c(C)[nH]c(=O)[nH]c1=O. The van der Waals surface area contributed by atoms with Crippen molar-refractivity contribution in [2.24, 2.45) is 0 Å². The van der Waals surface area contributed by atoms with Crippen LogP contribution in [0.4, 0.5) is 0 Å². The minimum absolute atomic E-state index is 0.0273. The van der Waals surface area contributed by atoms with E-state index in [4.69, 9.17) is 4.74 Å². The Bertz CT molecular complexity index is 737. The van der Waals surface area contributed by atoms with Crippen molar-refractivity contribution in [3.05, 3.63) is 32.1 Å². The van der Waals surface area contributed by atoms with Gasteiger partial charge in [-0.1, -0.05) is 6.92 Å². The molecule has 2 rings (SSSR count). The molecule has 1 fully saturated rings. The Kier molecular flexibility index (Phi) is 6.55. The van der Waals surface area contributed by atoms with Gasteiger partial charge in [0.2, 0.25) is 0 Å². The number of hydrogen-bond acceptors (Lipinski definition) is 5. The Morgan fingerprint density at radius 3 is 2.68 bits per heavy atom. The van der Waals surface area contributed by atoms with Crippen LogP contribution in [0, 0.1) is 6.92 Å². The second-order valence-electron chi connectivity index (χ2n) is 6.32. The summed E-state index contributed by atoms with van der Waals surface area (Å²) in [6.07, 6.45) is 4.10. The number of rotatable bonds is 6. The molecule has 0 bridgehead atoms. The molecule has 8 heteroatoms. The number of carbonyl (C=O) groups excluding carboxylic acids is 2. The van der Waals surface area contributed by atoms with E-state index in [1.54, 1.807) is 11.8 Å². The molecule has 1 aromatic heterocycles. The molecule has 8 nitrogen and oxygen atoms in total. The summed E-state index contributed by atoms with van der Waals surface area (Å²) < 4.78 is 5.06. The summed E-state index contributed by atoms with van der Waals surface area (Å²) in [5, 5.41) is 0. The fourth-order valence-electron chi connectivity index (χ4n) is 3.20. The van der Waals surface area contributed by atoms with Gasteiger partial charge in [0.15, 0.2) is 6.61 Å². The standard InChI is InChI=1S/C17H25N3O5/c1-3-12-6-4-5-9-20(12)14(21)10-25-15(22)8-7-13-11(2)18-17(24)19-16(13)23/h12H,3-10H2,1-2H3,(H2,18,19,23,24)/t12-/m0/s1. The molecule has 0 aromatic carbocycles. The van der Waals surface area contributed by atoms with Gasteiger partial charge >= 0.3 is 11.7 Å². The van der Waals surface area contributed by atoms with Gasteiger partial charge in [-0.05, 0) is 39.0 Å². The van der Waals surface area contributed by atoms with Gasteiger partial charge in [-0.15, -0.1) is 0 Å². The smallest absolute Gasteiger partial charge is 0.325 e. The first-order valence-corrected chi connectivity index (χ1v) is 8.69. The highest BCUT2D eigenvalue weighted by atomic mass is 16.5. The van der Waals surface area contributed by atoms with Gasteiger partial charge in [-0.2, -0.15) is 0 Å². The number of likely N-dealkylation sites (tertiary alicyclic amines) is 1. The average molecular weight is 351 g/mol. The van der Waals surface area contributed by atoms with E-state index in [0.29, 0.717) is 17.8 Å². The molecule has 0 unspecified atom stereocenters. The van der Waals surface area contributed by atoms with Crippen LogP contribution < -0.4 is 11.2 Å². The number of ether oxygens (including phenoxy) is 1. The van der Waals surface area contributed by atoms with Gasteiger partial charge < -0.3 is 14.6 Å². The van der Waals surface area contributed by atoms with E-state index in [1.165, 1.54) is 0 Å². The summed E-state index contributed by atoms with van der Waals surface area (Å²) in [4.78, 5) is 53.4. The molecule has 1 atom stereocenters. The number of aryl methyl sites for hydroxylation is 1. The summed E-state index contributed by atoms with van der Waals surface area (Å²) in [6.45, 7) is 4.09. The minimum Gasteiger partial charge on any atom is -0.456 e. The Hall–Kier alpha value is -2.38. The number of H-pyrrole nitrogens is 2. The molecule has 0 aliphatic carbocycles. The average Bonchev–Trinajstić information content (AvgIpc) is 2.58. The van der Waals surface area contributed by atoms with Gasteiger partial charge in [0.05, 0.1) is 0 Å². The molecule has 2 N–H and O–H groups in total. The zero-order valence-corrected chi connectivity index (χ0v) is 14.7. The number of nitrogens with zero attached hydrogens (tertiary/aromatic N) is 1. The highest BCUT2D eigenvalue weighted by Gasteiger charge is 2.25. The maximum absolute atomic E-state index is 12.2. The van der Waals surface area contributed by atoms with E-state index in [2.05, 4.69) is 9.97 Å². The van der Waals surface area contributed by atoms with Gasteiger partial charge in [-0.3, -0.25) is 19.4 Å². The van der Waals surface area contributed by atoms with Crippen molar-refractivity contribution >= 4 is 11.9 Å². The van der Waals surface area contributed by atoms with Gasteiger partial charge in [0.25, 0.3) is 11.5 Å². The second-order valence-corrected chi connectivity index (χ2v) is 6.32. The normalized spacial score (nSPS) is 17.4. The lowest BCUT2D eigenvalue weighted by Gasteiger charge is -2.35. The number of aromatic nitrogens is 2. The van der Waals surface area contributed by atoms with Crippen molar-refractivity contribution in [2.75, 3.05) is 13.2 Å². The topological polar surface area (TPSA) is 112 Å². The van der Waals surface area contributed by atoms with Gasteiger partial charge in [0, 0.05) is 30.3 Å². The fraction of sp³-hybridized carbons (Fsp3) is 0.647. The van der Waals surface area contributed by atoms with Crippen LogP contribution in [0.1, 0.15) is 50.3 Å². The third-order valence-corrected chi connectivity index (χ3v) is 4.61. The van der Waals surface area contributed by atoms with Crippen molar-refractivity contribution in [3.8, 4) is 0 Å². The molecule has 1 aromatic rings. The van der Waals surface area contributed by atoms with Crippen LogP contribution in [-0.2, 0) is 20.7 Å². The Labute approximate surface area is 145 Å². The first-order valence-electron chi connectivity index (χ1n) is 8.69. The highest BCUT2D eigenvalue weighted by molar-refractivity contribution is 5.81. The van der Waals surface area contributed by atoms with E-state index < -0.39 is 17.2 Å². The van der Waals surface area contributed by atoms with Crippen molar-refractivity contribution in [1.29, 1.82) is 0 Å². The molecule has 25 heavy (non-hydrogen) atoms. The molecule has 1 aliphatic heterocycles. The Morgan fingerprint density at radius 2 is 2.00 bits per heavy atom. The number of hydrogen-bond donors (Lipinski definition) is 2. The van der Waals surface area contributed by atoms with Crippen LogP contribution in [0.5, 0.6) is 0 Å². The van der Waals surface area contributed by atoms with Crippen LogP contribution in [0.15, 0.2) is 9.59 Å². The van der Waals surface area contributed by atoms with Crippen LogP contribution in [0.25, 0.3) is 0 Å². The molecule has 1 saturated heterocycles.